The number of aromatic nitrogens is 2. The van der Waals surface area contributed by atoms with E-state index < -0.39 is 0 Å². The van der Waals surface area contributed by atoms with Crippen molar-refractivity contribution in [1.29, 1.82) is 0 Å². The second kappa shape index (κ2) is 7.99. The SMILES string of the molecule is Cc1ccc(CN2Cc3cncn3[C@@H](COCC3CCOCC3)C2)s1. The van der Waals surface area contributed by atoms with E-state index >= 15 is 0 Å². The molecule has 4 heterocycles. The molecule has 0 aliphatic carbocycles. The van der Waals surface area contributed by atoms with Crippen LogP contribution in [0.3, 0.4) is 0 Å². The summed E-state index contributed by atoms with van der Waals surface area (Å²) in [6.07, 6.45) is 6.22. The highest BCUT2D eigenvalue weighted by atomic mass is 32.1. The molecule has 2 aliphatic rings. The Labute approximate surface area is 153 Å². The van der Waals surface area contributed by atoms with Gasteiger partial charge in [-0.2, -0.15) is 0 Å². The number of aryl methyl sites for hydroxylation is 1. The lowest BCUT2D eigenvalue weighted by Crippen LogP contribution is -2.38. The Morgan fingerprint density at radius 2 is 2.16 bits per heavy atom. The predicted octanol–water partition coefficient (Wildman–Crippen LogP) is 3.25. The van der Waals surface area contributed by atoms with Crippen molar-refractivity contribution in [2.75, 3.05) is 33.0 Å². The van der Waals surface area contributed by atoms with Gasteiger partial charge in [-0.05, 0) is 37.8 Å². The van der Waals surface area contributed by atoms with Gasteiger partial charge in [0.1, 0.15) is 0 Å². The van der Waals surface area contributed by atoms with Gasteiger partial charge < -0.3 is 14.0 Å². The normalized spacial score (nSPS) is 22.2. The summed E-state index contributed by atoms with van der Waals surface area (Å²) in [6.45, 7) is 8.57. The highest BCUT2D eigenvalue weighted by molar-refractivity contribution is 7.11. The van der Waals surface area contributed by atoms with E-state index in [1.807, 2.05) is 23.9 Å². The van der Waals surface area contributed by atoms with E-state index in [9.17, 15) is 0 Å². The summed E-state index contributed by atoms with van der Waals surface area (Å²) in [6, 6.07) is 4.82. The fraction of sp³-hybridized carbons (Fsp3) is 0.632. The molecule has 1 fully saturated rings. The number of hydrogen-bond donors (Lipinski definition) is 0. The fourth-order valence-electron chi connectivity index (χ4n) is 3.79. The molecule has 2 aromatic heterocycles. The van der Waals surface area contributed by atoms with Gasteiger partial charge in [0.05, 0.1) is 24.7 Å². The zero-order valence-electron chi connectivity index (χ0n) is 14.9. The van der Waals surface area contributed by atoms with Gasteiger partial charge in [-0.3, -0.25) is 4.90 Å². The number of ether oxygens (including phenoxy) is 2. The van der Waals surface area contributed by atoms with Gasteiger partial charge in [-0.25, -0.2) is 4.98 Å². The Kier molecular flexibility index (Phi) is 5.51. The van der Waals surface area contributed by atoms with Gasteiger partial charge >= 0.3 is 0 Å². The Balaban J connectivity index is 1.35. The van der Waals surface area contributed by atoms with E-state index in [1.165, 1.54) is 15.4 Å². The van der Waals surface area contributed by atoms with E-state index in [0.29, 0.717) is 12.0 Å². The first-order valence-electron chi connectivity index (χ1n) is 9.22. The van der Waals surface area contributed by atoms with E-state index in [0.717, 1.165) is 58.9 Å². The molecule has 1 atom stereocenters. The molecule has 0 unspecified atom stereocenters. The molecule has 4 rings (SSSR count). The standard InChI is InChI=1S/C19H27N3O2S/c1-15-2-3-19(25-15)11-21-9-17-8-20-14-22(17)18(10-21)13-24-12-16-4-6-23-7-5-16/h2-3,8,14,16,18H,4-7,9-13H2,1H3/t18-/m1/s1. The second-order valence-corrected chi connectivity index (χ2v) is 8.59. The number of hydrogen-bond acceptors (Lipinski definition) is 5. The largest absolute Gasteiger partial charge is 0.381 e. The maximum Gasteiger partial charge on any atom is 0.0952 e. The van der Waals surface area contributed by atoms with E-state index in [2.05, 4.69) is 33.5 Å². The van der Waals surface area contributed by atoms with Crippen LogP contribution in [0.4, 0.5) is 0 Å². The molecule has 0 bridgehead atoms. The lowest BCUT2D eigenvalue weighted by atomic mass is 10.0. The molecule has 6 heteroatoms. The van der Waals surface area contributed by atoms with Crippen molar-refractivity contribution in [3.05, 3.63) is 40.1 Å². The van der Waals surface area contributed by atoms with Crippen LogP contribution in [-0.2, 0) is 22.6 Å². The fourth-order valence-corrected chi connectivity index (χ4v) is 4.72. The van der Waals surface area contributed by atoms with Crippen LogP contribution in [-0.4, -0.2) is 47.4 Å². The summed E-state index contributed by atoms with van der Waals surface area (Å²) in [5, 5.41) is 0. The zero-order valence-corrected chi connectivity index (χ0v) is 15.7. The Bertz CT molecular complexity index is 678. The van der Waals surface area contributed by atoms with Gasteiger partial charge in [0.15, 0.2) is 0 Å². The minimum absolute atomic E-state index is 0.354. The van der Waals surface area contributed by atoms with E-state index in [-0.39, 0.29) is 0 Å². The number of fused-ring (bicyclic) bond motifs is 1. The van der Waals surface area contributed by atoms with Crippen molar-refractivity contribution < 1.29 is 9.47 Å². The van der Waals surface area contributed by atoms with Crippen molar-refractivity contribution in [3.8, 4) is 0 Å². The third-order valence-corrected chi connectivity index (χ3v) is 6.16. The highest BCUT2D eigenvalue weighted by Crippen LogP contribution is 2.25. The number of rotatable bonds is 6. The van der Waals surface area contributed by atoms with Crippen LogP contribution in [0, 0.1) is 12.8 Å². The molecule has 0 spiro atoms. The van der Waals surface area contributed by atoms with Crippen LogP contribution in [0.5, 0.6) is 0 Å². The summed E-state index contributed by atoms with van der Waals surface area (Å²) in [4.78, 5) is 9.70. The maximum absolute atomic E-state index is 6.11. The maximum atomic E-state index is 6.11. The third-order valence-electron chi connectivity index (χ3n) is 5.17. The molecular weight excluding hydrogens is 334 g/mol. The first-order chi connectivity index (χ1) is 12.3. The van der Waals surface area contributed by atoms with Gasteiger partial charge in [0.2, 0.25) is 0 Å². The number of nitrogens with zero attached hydrogens (tertiary/aromatic N) is 3. The third kappa shape index (κ3) is 4.31. The molecule has 0 aromatic carbocycles. The second-order valence-electron chi connectivity index (χ2n) is 7.22. The van der Waals surface area contributed by atoms with E-state index in [1.54, 1.807) is 0 Å². The number of thiophene rings is 1. The van der Waals surface area contributed by atoms with Gasteiger partial charge in [-0.1, -0.05) is 0 Å². The van der Waals surface area contributed by atoms with Crippen molar-refractivity contribution in [2.45, 2.75) is 38.9 Å². The molecule has 25 heavy (non-hydrogen) atoms. The van der Waals surface area contributed by atoms with Crippen LogP contribution >= 0.6 is 11.3 Å². The van der Waals surface area contributed by atoms with Gasteiger partial charge in [-0.15, -0.1) is 11.3 Å². The zero-order chi connectivity index (χ0) is 17.1. The monoisotopic (exact) mass is 361 g/mol. The molecule has 0 radical (unpaired) electrons. The Morgan fingerprint density at radius 1 is 1.28 bits per heavy atom. The smallest absolute Gasteiger partial charge is 0.0952 e. The summed E-state index contributed by atoms with van der Waals surface area (Å²) in [5.74, 6) is 0.657. The predicted molar refractivity (Wildman–Crippen MR) is 98.8 cm³/mol. The summed E-state index contributed by atoms with van der Waals surface area (Å²) in [5.41, 5.74) is 1.29. The molecule has 0 amide bonds. The van der Waals surface area contributed by atoms with Crippen molar-refractivity contribution in [2.24, 2.45) is 5.92 Å². The minimum atomic E-state index is 0.354. The van der Waals surface area contributed by atoms with Gasteiger partial charge in [0, 0.05) is 55.4 Å². The average Bonchev–Trinajstić information content (AvgIpc) is 3.25. The van der Waals surface area contributed by atoms with Gasteiger partial charge in [0.25, 0.3) is 0 Å². The van der Waals surface area contributed by atoms with Crippen LogP contribution in [0.25, 0.3) is 0 Å². The summed E-state index contributed by atoms with van der Waals surface area (Å²) in [7, 11) is 0. The molecule has 0 N–H and O–H groups in total. The number of imidazole rings is 1. The van der Waals surface area contributed by atoms with Crippen molar-refractivity contribution in [3.63, 3.8) is 0 Å². The molecule has 2 aliphatic heterocycles. The Morgan fingerprint density at radius 3 is 2.96 bits per heavy atom. The quantitative estimate of drug-likeness (QED) is 0.792. The molecule has 2 aromatic rings. The first-order valence-corrected chi connectivity index (χ1v) is 10.0. The van der Waals surface area contributed by atoms with Crippen LogP contribution in [0.1, 0.15) is 34.3 Å². The molecule has 0 saturated carbocycles. The van der Waals surface area contributed by atoms with Crippen LogP contribution < -0.4 is 0 Å². The van der Waals surface area contributed by atoms with Crippen LogP contribution in [0.15, 0.2) is 24.7 Å². The highest BCUT2D eigenvalue weighted by Gasteiger charge is 2.26. The summed E-state index contributed by atoms with van der Waals surface area (Å²) >= 11 is 1.90. The first kappa shape index (κ1) is 17.2. The molecular formula is C19H27N3O2S. The lowest BCUT2D eigenvalue weighted by molar-refractivity contribution is 0.00524. The molecule has 1 saturated heterocycles. The Hall–Kier alpha value is -1.21. The molecule has 5 nitrogen and oxygen atoms in total. The molecule has 136 valence electrons. The average molecular weight is 362 g/mol. The van der Waals surface area contributed by atoms with Crippen molar-refractivity contribution >= 4 is 11.3 Å². The van der Waals surface area contributed by atoms with Crippen molar-refractivity contribution in [1.82, 2.24) is 14.5 Å². The topological polar surface area (TPSA) is 39.5 Å². The minimum Gasteiger partial charge on any atom is -0.381 e. The summed E-state index contributed by atoms with van der Waals surface area (Å²) < 4.78 is 13.8. The van der Waals surface area contributed by atoms with Crippen LogP contribution in [0.2, 0.25) is 0 Å². The van der Waals surface area contributed by atoms with E-state index in [4.69, 9.17) is 9.47 Å². The lowest BCUT2D eigenvalue weighted by Gasteiger charge is -2.34.